The van der Waals surface area contributed by atoms with Gasteiger partial charge in [0.05, 0.1) is 13.2 Å². The Morgan fingerprint density at radius 2 is 1.75 bits per heavy atom. The monoisotopic (exact) mass is 284 g/mol. The zero-order valence-corrected chi connectivity index (χ0v) is 13.1. The predicted molar refractivity (Wildman–Crippen MR) is 78.3 cm³/mol. The van der Waals surface area contributed by atoms with Gasteiger partial charge in [-0.2, -0.15) is 0 Å². The summed E-state index contributed by atoms with van der Waals surface area (Å²) in [4.78, 5) is 26.0. The second-order valence-electron chi connectivity index (χ2n) is 5.98. The summed E-state index contributed by atoms with van der Waals surface area (Å²) in [5.41, 5.74) is 0. The van der Waals surface area contributed by atoms with Gasteiger partial charge in [0, 0.05) is 13.1 Å². The van der Waals surface area contributed by atoms with E-state index in [0.717, 1.165) is 25.9 Å². The maximum Gasteiger partial charge on any atom is 0.322 e. The summed E-state index contributed by atoms with van der Waals surface area (Å²) in [7, 11) is 1.38. The number of piperidine rings is 1. The molecule has 1 fully saturated rings. The van der Waals surface area contributed by atoms with Gasteiger partial charge in [-0.05, 0) is 38.5 Å². The minimum Gasteiger partial charge on any atom is -0.468 e. The molecule has 1 rings (SSSR count). The Morgan fingerprint density at radius 1 is 1.15 bits per heavy atom. The van der Waals surface area contributed by atoms with Crippen LogP contribution in [0.25, 0.3) is 0 Å². The highest BCUT2D eigenvalue weighted by atomic mass is 16.5. The van der Waals surface area contributed by atoms with Crippen LogP contribution in [0.3, 0.4) is 0 Å². The van der Waals surface area contributed by atoms with E-state index in [1.54, 1.807) is 0 Å². The van der Waals surface area contributed by atoms with Crippen LogP contribution in [0.2, 0.25) is 0 Å². The molecule has 0 aromatic carbocycles. The second-order valence-corrected chi connectivity index (χ2v) is 5.98. The first-order valence-corrected chi connectivity index (χ1v) is 7.58. The summed E-state index contributed by atoms with van der Waals surface area (Å²) >= 11 is 0. The molecule has 0 bridgehead atoms. The van der Waals surface area contributed by atoms with Gasteiger partial charge in [0.2, 0.25) is 5.91 Å². The summed E-state index contributed by atoms with van der Waals surface area (Å²) in [6, 6.07) is -0.764. The lowest BCUT2D eigenvalue weighted by molar-refractivity contribution is -0.144. The summed E-state index contributed by atoms with van der Waals surface area (Å²) < 4.78 is 4.81. The SMILES string of the molecule is COC(=O)C(CC(C)C)NC(C)C(=O)N1CCCCC1. The maximum absolute atomic E-state index is 12.3. The molecule has 1 saturated heterocycles. The van der Waals surface area contributed by atoms with Gasteiger partial charge in [-0.25, -0.2) is 0 Å². The van der Waals surface area contributed by atoms with Crippen molar-refractivity contribution in [3.05, 3.63) is 0 Å². The van der Waals surface area contributed by atoms with E-state index in [4.69, 9.17) is 4.74 Å². The van der Waals surface area contributed by atoms with Gasteiger partial charge in [-0.3, -0.25) is 14.9 Å². The third kappa shape index (κ3) is 5.12. The highest BCUT2D eigenvalue weighted by Crippen LogP contribution is 2.12. The molecule has 0 spiro atoms. The van der Waals surface area contributed by atoms with E-state index in [9.17, 15) is 9.59 Å². The Hall–Kier alpha value is -1.10. The van der Waals surface area contributed by atoms with Crippen LogP contribution >= 0.6 is 0 Å². The summed E-state index contributed by atoms with van der Waals surface area (Å²) in [5.74, 6) is 0.156. The Kier molecular flexibility index (Phi) is 6.99. The molecule has 0 saturated carbocycles. The smallest absolute Gasteiger partial charge is 0.322 e. The van der Waals surface area contributed by atoms with Gasteiger partial charge in [0.25, 0.3) is 0 Å². The minimum atomic E-state index is -0.413. The van der Waals surface area contributed by atoms with Crippen molar-refractivity contribution in [2.24, 2.45) is 5.92 Å². The Morgan fingerprint density at radius 3 is 2.25 bits per heavy atom. The molecule has 0 aromatic heterocycles. The molecule has 0 aliphatic carbocycles. The largest absolute Gasteiger partial charge is 0.468 e. The number of hydrogen-bond donors (Lipinski definition) is 1. The molecule has 1 heterocycles. The van der Waals surface area contributed by atoms with Crippen LogP contribution in [-0.2, 0) is 14.3 Å². The van der Waals surface area contributed by atoms with Crippen LogP contribution in [0.15, 0.2) is 0 Å². The molecule has 2 unspecified atom stereocenters. The van der Waals surface area contributed by atoms with Crippen molar-refractivity contribution in [2.75, 3.05) is 20.2 Å². The van der Waals surface area contributed by atoms with Crippen molar-refractivity contribution >= 4 is 11.9 Å². The zero-order valence-electron chi connectivity index (χ0n) is 13.1. The quantitative estimate of drug-likeness (QED) is 0.752. The lowest BCUT2D eigenvalue weighted by Crippen LogP contribution is -2.52. The van der Waals surface area contributed by atoms with Crippen molar-refractivity contribution in [3.63, 3.8) is 0 Å². The van der Waals surface area contributed by atoms with Gasteiger partial charge in [0.1, 0.15) is 6.04 Å². The number of nitrogens with zero attached hydrogens (tertiary/aromatic N) is 1. The fourth-order valence-electron chi connectivity index (χ4n) is 2.61. The standard InChI is InChI=1S/C15H28N2O3/c1-11(2)10-13(15(19)20-4)16-12(3)14(18)17-8-6-5-7-9-17/h11-13,16H,5-10H2,1-4H3. The number of rotatable bonds is 6. The van der Waals surface area contributed by atoms with E-state index in [1.165, 1.54) is 13.5 Å². The van der Waals surface area contributed by atoms with Gasteiger partial charge in [-0.15, -0.1) is 0 Å². The first kappa shape index (κ1) is 17.0. The number of likely N-dealkylation sites (tertiary alicyclic amines) is 1. The molecule has 1 aliphatic rings. The Bertz CT molecular complexity index is 325. The van der Waals surface area contributed by atoms with Gasteiger partial charge >= 0.3 is 5.97 Å². The second kappa shape index (κ2) is 8.25. The molecule has 1 amide bonds. The number of hydrogen-bond acceptors (Lipinski definition) is 4. The first-order valence-electron chi connectivity index (χ1n) is 7.58. The van der Waals surface area contributed by atoms with E-state index in [2.05, 4.69) is 19.2 Å². The highest BCUT2D eigenvalue weighted by molar-refractivity contribution is 5.83. The first-order chi connectivity index (χ1) is 9.45. The fourth-order valence-corrected chi connectivity index (χ4v) is 2.61. The molecular formula is C15H28N2O3. The van der Waals surface area contributed by atoms with Crippen molar-refractivity contribution in [1.82, 2.24) is 10.2 Å². The van der Waals surface area contributed by atoms with Crippen LogP contribution < -0.4 is 5.32 Å². The summed E-state index contributed by atoms with van der Waals surface area (Å²) in [6.07, 6.45) is 4.02. The molecule has 20 heavy (non-hydrogen) atoms. The zero-order chi connectivity index (χ0) is 15.1. The average Bonchev–Trinajstić information content (AvgIpc) is 2.45. The van der Waals surface area contributed by atoms with E-state index < -0.39 is 6.04 Å². The third-order valence-electron chi connectivity index (χ3n) is 3.68. The number of nitrogens with one attached hydrogen (secondary N) is 1. The molecule has 1 N–H and O–H groups in total. The van der Waals surface area contributed by atoms with Gasteiger partial charge in [0.15, 0.2) is 0 Å². The van der Waals surface area contributed by atoms with Crippen molar-refractivity contribution in [1.29, 1.82) is 0 Å². The molecule has 0 radical (unpaired) electrons. The van der Waals surface area contributed by atoms with Crippen LogP contribution in [-0.4, -0.2) is 49.1 Å². The van der Waals surface area contributed by atoms with Crippen molar-refractivity contribution in [2.45, 2.75) is 58.5 Å². The van der Waals surface area contributed by atoms with E-state index >= 15 is 0 Å². The number of carbonyl (C=O) groups excluding carboxylic acids is 2. The number of carbonyl (C=O) groups is 2. The van der Waals surface area contributed by atoms with Crippen LogP contribution in [0.1, 0.15) is 46.5 Å². The highest BCUT2D eigenvalue weighted by Gasteiger charge is 2.28. The number of esters is 1. The minimum absolute atomic E-state index is 0.0855. The Labute approximate surface area is 122 Å². The normalized spacial score (nSPS) is 18.8. The third-order valence-corrected chi connectivity index (χ3v) is 3.68. The maximum atomic E-state index is 12.3. The predicted octanol–water partition coefficient (Wildman–Crippen LogP) is 1.56. The topological polar surface area (TPSA) is 58.6 Å². The van der Waals surface area contributed by atoms with Crippen LogP contribution in [0, 0.1) is 5.92 Å². The van der Waals surface area contributed by atoms with Crippen LogP contribution in [0.5, 0.6) is 0 Å². The van der Waals surface area contributed by atoms with E-state index in [0.29, 0.717) is 12.3 Å². The molecule has 1 aliphatic heterocycles. The number of amides is 1. The van der Waals surface area contributed by atoms with E-state index in [1.807, 2.05) is 11.8 Å². The Balaban J connectivity index is 2.57. The lowest BCUT2D eigenvalue weighted by atomic mass is 10.0. The number of methoxy groups -OCH3 is 1. The fraction of sp³-hybridized carbons (Fsp3) is 0.867. The summed E-state index contributed by atoms with van der Waals surface area (Å²) in [6.45, 7) is 7.59. The molecule has 2 atom stereocenters. The van der Waals surface area contributed by atoms with E-state index in [-0.39, 0.29) is 17.9 Å². The molecule has 5 heteroatoms. The average molecular weight is 284 g/mol. The van der Waals surface area contributed by atoms with Gasteiger partial charge < -0.3 is 9.64 Å². The van der Waals surface area contributed by atoms with Crippen LogP contribution in [0.4, 0.5) is 0 Å². The molecule has 5 nitrogen and oxygen atoms in total. The molecule has 0 aromatic rings. The number of ether oxygens (including phenoxy) is 1. The molecule has 116 valence electrons. The molecular weight excluding hydrogens is 256 g/mol. The summed E-state index contributed by atoms with van der Waals surface area (Å²) in [5, 5.41) is 3.13. The lowest BCUT2D eigenvalue weighted by Gasteiger charge is -2.31. The van der Waals surface area contributed by atoms with Crippen molar-refractivity contribution in [3.8, 4) is 0 Å². The van der Waals surface area contributed by atoms with Gasteiger partial charge in [-0.1, -0.05) is 13.8 Å². The van der Waals surface area contributed by atoms with Crippen molar-refractivity contribution < 1.29 is 14.3 Å².